The van der Waals surface area contributed by atoms with Crippen LogP contribution in [0.1, 0.15) is 45.1 Å². The highest BCUT2D eigenvalue weighted by Crippen LogP contribution is 2.33. The Morgan fingerprint density at radius 2 is 2.13 bits per heavy atom. The van der Waals surface area contributed by atoms with E-state index in [1.165, 1.54) is 5.56 Å². The van der Waals surface area contributed by atoms with E-state index in [-0.39, 0.29) is 0 Å². The summed E-state index contributed by atoms with van der Waals surface area (Å²) in [6.07, 6.45) is 3.56. The van der Waals surface area contributed by atoms with Gasteiger partial charge in [-0.05, 0) is 51.2 Å². The number of hydrogen-bond acceptors (Lipinski definition) is 5. The van der Waals surface area contributed by atoms with E-state index < -0.39 is 11.7 Å². The van der Waals surface area contributed by atoms with Crippen molar-refractivity contribution in [2.45, 2.75) is 45.1 Å². The molecule has 0 unspecified atom stereocenters. The summed E-state index contributed by atoms with van der Waals surface area (Å²) in [7, 11) is 0. The van der Waals surface area contributed by atoms with Gasteiger partial charge >= 0.3 is 6.09 Å². The van der Waals surface area contributed by atoms with Gasteiger partial charge in [-0.15, -0.1) is 11.3 Å². The zero-order valence-corrected chi connectivity index (χ0v) is 14.5. The fraction of sp³-hybridized carbons (Fsp3) is 0.529. The predicted molar refractivity (Wildman–Crippen MR) is 92.3 cm³/mol. The number of carbonyl (C=O) groups is 1. The second kappa shape index (κ2) is 6.45. The number of aromatic nitrogens is 1. The summed E-state index contributed by atoms with van der Waals surface area (Å²) in [5.41, 5.74) is 2.26. The molecule has 3 rings (SSSR count). The molecule has 0 aliphatic carbocycles. The van der Waals surface area contributed by atoms with Gasteiger partial charge in [0, 0.05) is 24.8 Å². The van der Waals surface area contributed by atoms with E-state index >= 15 is 0 Å². The number of amides is 1. The average Bonchev–Trinajstić information content (AvgIpc) is 2.88. The Kier molecular flexibility index (Phi) is 4.55. The first-order valence-electron chi connectivity index (χ1n) is 7.87. The third kappa shape index (κ3) is 4.00. The molecule has 0 spiro atoms. The monoisotopic (exact) mass is 334 g/mol. The lowest BCUT2D eigenvalue weighted by atomic mass is 9.93. The maximum absolute atomic E-state index is 11.9. The molecule has 6 heteroatoms. The summed E-state index contributed by atoms with van der Waals surface area (Å²) in [6.45, 7) is 7.17. The molecule has 124 valence electrons. The molecule has 2 aromatic rings. The molecular formula is C17H22N2O3S. The average molecular weight is 334 g/mol. The molecule has 3 heterocycles. The van der Waals surface area contributed by atoms with Crippen LogP contribution in [0.3, 0.4) is 0 Å². The van der Waals surface area contributed by atoms with Crippen molar-refractivity contribution in [2.75, 3.05) is 18.5 Å². The number of nitrogens with zero attached hydrogens (tertiary/aromatic N) is 1. The zero-order valence-electron chi connectivity index (χ0n) is 13.7. The molecule has 0 aromatic carbocycles. The van der Waals surface area contributed by atoms with E-state index in [1.807, 2.05) is 32.3 Å². The molecular weight excluding hydrogens is 312 g/mol. The van der Waals surface area contributed by atoms with Crippen LogP contribution in [0.4, 0.5) is 10.5 Å². The first-order valence-corrected chi connectivity index (χ1v) is 8.75. The minimum atomic E-state index is -0.514. The van der Waals surface area contributed by atoms with E-state index in [4.69, 9.17) is 9.47 Å². The van der Waals surface area contributed by atoms with Gasteiger partial charge in [0.25, 0.3) is 0 Å². The van der Waals surface area contributed by atoms with Crippen LogP contribution in [0.2, 0.25) is 0 Å². The number of carbonyl (C=O) groups excluding carboxylic acids is 1. The van der Waals surface area contributed by atoms with E-state index in [2.05, 4.69) is 16.4 Å². The largest absolute Gasteiger partial charge is 0.444 e. The number of fused-ring (bicyclic) bond motifs is 1. The first kappa shape index (κ1) is 16.2. The summed E-state index contributed by atoms with van der Waals surface area (Å²) in [6, 6.07) is 2.18. The van der Waals surface area contributed by atoms with Crippen LogP contribution in [-0.4, -0.2) is 29.9 Å². The summed E-state index contributed by atoms with van der Waals surface area (Å²) in [5, 5.41) is 4.70. The standard InChI is InChI=1S/C17H22N2O3S/c1-17(2,3)22-16(20)19-13-10-23-14-8-12(9-18-15(13)14)11-4-6-21-7-5-11/h8-11H,4-7H2,1-3H3,(H,19,20). The number of thiophene rings is 1. The second-order valence-electron chi connectivity index (χ2n) is 6.78. The Balaban J connectivity index is 1.77. The maximum atomic E-state index is 11.9. The number of rotatable bonds is 2. The number of ether oxygens (including phenoxy) is 2. The normalized spacial score (nSPS) is 16.5. The van der Waals surface area contributed by atoms with Crippen molar-refractivity contribution < 1.29 is 14.3 Å². The van der Waals surface area contributed by atoms with Gasteiger partial charge in [-0.2, -0.15) is 0 Å². The van der Waals surface area contributed by atoms with Gasteiger partial charge in [0.15, 0.2) is 0 Å². The van der Waals surface area contributed by atoms with Crippen molar-refractivity contribution in [1.29, 1.82) is 0 Å². The molecule has 23 heavy (non-hydrogen) atoms. The molecule has 1 N–H and O–H groups in total. The van der Waals surface area contributed by atoms with Crippen molar-refractivity contribution >= 4 is 33.3 Å². The molecule has 1 fully saturated rings. The predicted octanol–water partition coefficient (Wildman–Crippen LogP) is 4.54. The molecule has 0 atom stereocenters. The van der Waals surface area contributed by atoms with E-state index in [1.54, 1.807) is 11.3 Å². The van der Waals surface area contributed by atoms with Gasteiger partial charge in [-0.1, -0.05) is 0 Å². The highest BCUT2D eigenvalue weighted by atomic mass is 32.1. The quantitative estimate of drug-likeness (QED) is 0.876. The van der Waals surface area contributed by atoms with Gasteiger partial charge in [-0.3, -0.25) is 10.3 Å². The van der Waals surface area contributed by atoms with Gasteiger partial charge in [-0.25, -0.2) is 4.79 Å². The topological polar surface area (TPSA) is 60.5 Å². The van der Waals surface area contributed by atoms with E-state index in [0.29, 0.717) is 11.6 Å². The van der Waals surface area contributed by atoms with E-state index in [9.17, 15) is 4.79 Å². The minimum Gasteiger partial charge on any atom is -0.444 e. The van der Waals surface area contributed by atoms with Crippen molar-refractivity contribution in [2.24, 2.45) is 0 Å². The van der Waals surface area contributed by atoms with Crippen molar-refractivity contribution in [3.63, 3.8) is 0 Å². The molecule has 1 aliphatic rings. The number of hydrogen-bond donors (Lipinski definition) is 1. The second-order valence-corrected chi connectivity index (χ2v) is 7.69. The van der Waals surface area contributed by atoms with Crippen LogP contribution in [0.5, 0.6) is 0 Å². The Morgan fingerprint density at radius 3 is 2.83 bits per heavy atom. The fourth-order valence-corrected chi connectivity index (χ4v) is 3.58. The highest BCUT2D eigenvalue weighted by Gasteiger charge is 2.20. The molecule has 1 aliphatic heterocycles. The van der Waals surface area contributed by atoms with Crippen molar-refractivity contribution in [1.82, 2.24) is 4.98 Å². The van der Waals surface area contributed by atoms with Gasteiger partial charge < -0.3 is 9.47 Å². The highest BCUT2D eigenvalue weighted by molar-refractivity contribution is 7.17. The van der Waals surface area contributed by atoms with Crippen LogP contribution in [0, 0.1) is 0 Å². The third-order valence-electron chi connectivity index (χ3n) is 3.76. The molecule has 1 saturated heterocycles. The van der Waals surface area contributed by atoms with Gasteiger partial charge in [0.05, 0.1) is 10.4 Å². The Morgan fingerprint density at radius 1 is 1.39 bits per heavy atom. The Hall–Kier alpha value is -1.66. The van der Waals surface area contributed by atoms with Gasteiger partial charge in [0.2, 0.25) is 0 Å². The maximum Gasteiger partial charge on any atom is 0.412 e. The SMILES string of the molecule is CC(C)(C)OC(=O)Nc1csc2cc(C3CCOCC3)cnc12. The van der Waals surface area contributed by atoms with Crippen LogP contribution in [-0.2, 0) is 9.47 Å². The number of anilines is 1. The van der Waals surface area contributed by atoms with Gasteiger partial charge in [0.1, 0.15) is 11.1 Å². The van der Waals surface area contributed by atoms with Crippen LogP contribution >= 0.6 is 11.3 Å². The number of pyridine rings is 1. The van der Waals surface area contributed by atoms with Crippen LogP contribution < -0.4 is 5.32 Å². The smallest absolute Gasteiger partial charge is 0.412 e. The van der Waals surface area contributed by atoms with Crippen LogP contribution in [0.25, 0.3) is 10.2 Å². The minimum absolute atomic E-state index is 0.451. The lowest BCUT2D eigenvalue weighted by Gasteiger charge is -2.22. The summed E-state index contributed by atoms with van der Waals surface area (Å²) >= 11 is 1.59. The third-order valence-corrected chi connectivity index (χ3v) is 4.68. The lowest BCUT2D eigenvalue weighted by molar-refractivity contribution is 0.0636. The van der Waals surface area contributed by atoms with E-state index in [0.717, 1.165) is 36.3 Å². The molecule has 0 bridgehead atoms. The Labute approximate surface area is 140 Å². The van der Waals surface area contributed by atoms with Crippen LogP contribution in [0.15, 0.2) is 17.6 Å². The summed E-state index contributed by atoms with van der Waals surface area (Å²) in [4.78, 5) is 16.5. The number of nitrogens with one attached hydrogen (secondary N) is 1. The first-order chi connectivity index (χ1) is 10.9. The zero-order chi connectivity index (χ0) is 16.4. The molecule has 2 aromatic heterocycles. The fourth-order valence-electron chi connectivity index (χ4n) is 2.69. The molecule has 0 saturated carbocycles. The lowest BCUT2D eigenvalue weighted by Crippen LogP contribution is -2.27. The summed E-state index contributed by atoms with van der Waals surface area (Å²) in [5.74, 6) is 0.519. The van der Waals surface area contributed by atoms with Crippen molar-refractivity contribution in [3.8, 4) is 0 Å². The molecule has 5 nitrogen and oxygen atoms in total. The molecule has 1 amide bonds. The Bertz CT molecular complexity index is 699. The van der Waals surface area contributed by atoms with Crippen molar-refractivity contribution in [3.05, 3.63) is 23.2 Å². The molecule has 0 radical (unpaired) electrons. The summed E-state index contributed by atoms with van der Waals surface area (Å²) < 4.78 is 11.8.